The number of aromatic nitrogens is 1. The minimum absolute atomic E-state index is 0.0491. The van der Waals surface area contributed by atoms with Crippen molar-refractivity contribution in [3.8, 4) is 0 Å². The van der Waals surface area contributed by atoms with Gasteiger partial charge in [0.2, 0.25) is 15.9 Å². The number of benzene rings is 1. The van der Waals surface area contributed by atoms with E-state index in [-0.39, 0.29) is 40.9 Å². The third-order valence-corrected chi connectivity index (χ3v) is 7.08. The topological polar surface area (TPSA) is 79.4 Å². The van der Waals surface area contributed by atoms with Gasteiger partial charge < -0.3 is 5.32 Å². The lowest BCUT2D eigenvalue weighted by molar-refractivity contribution is -0.126. The SMILES string of the molecule is CC(NC(=O)C1CCN(S(=O)(=O)c2ccc(F)c(Cl)c2)CC1)c1cccnc1. The molecule has 28 heavy (non-hydrogen) atoms. The highest BCUT2D eigenvalue weighted by Gasteiger charge is 2.32. The lowest BCUT2D eigenvalue weighted by atomic mass is 9.96. The molecule has 9 heteroatoms. The monoisotopic (exact) mass is 425 g/mol. The van der Waals surface area contributed by atoms with Crippen LogP contribution in [0.3, 0.4) is 0 Å². The highest BCUT2D eigenvalue weighted by Crippen LogP contribution is 2.27. The Hall–Kier alpha value is -2.03. The second-order valence-corrected chi connectivity index (χ2v) is 9.12. The molecule has 6 nitrogen and oxygen atoms in total. The largest absolute Gasteiger partial charge is 0.349 e. The fraction of sp³-hybridized carbons (Fsp3) is 0.368. The lowest BCUT2D eigenvalue weighted by Crippen LogP contribution is -2.43. The molecule has 1 aromatic carbocycles. The van der Waals surface area contributed by atoms with E-state index in [9.17, 15) is 17.6 Å². The predicted molar refractivity (Wildman–Crippen MR) is 104 cm³/mol. The van der Waals surface area contributed by atoms with Crippen LogP contribution >= 0.6 is 11.6 Å². The van der Waals surface area contributed by atoms with Gasteiger partial charge in [0.15, 0.2) is 0 Å². The van der Waals surface area contributed by atoms with Gasteiger partial charge in [0.25, 0.3) is 0 Å². The average Bonchev–Trinajstić information content (AvgIpc) is 2.70. The molecule has 0 bridgehead atoms. The van der Waals surface area contributed by atoms with E-state index in [1.165, 1.54) is 10.4 Å². The number of carbonyl (C=O) groups excluding carboxylic acids is 1. The summed E-state index contributed by atoms with van der Waals surface area (Å²) in [6.07, 6.45) is 4.20. The van der Waals surface area contributed by atoms with Crippen LogP contribution in [0.5, 0.6) is 0 Å². The standard InChI is InChI=1S/C19H21ClFN3O3S/c1-13(15-3-2-8-22-12-15)23-19(25)14-6-9-24(10-7-14)28(26,27)16-4-5-18(21)17(20)11-16/h2-5,8,11-14H,6-7,9-10H2,1H3,(H,23,25). The molecule has 1 aliphatic heterocycles. The van der Waals surface area contributed by atoms with Crippen LogP contribution in [0.2, 0.25) is 5.02 Å². The van der Waals surface area contributed by atoms with E-state index in [4.69, 9.17) is 11.6 Å². The molecular formula is C19H21ClFN3O3S. The Morgan fingerprint density at radius 3 is 2.64 bits per heavy atom. The van der Waals surface area contributed by atoms with Gasteiger partial charge in [-0.05, 0) is 49.6 Å². The van der Waals surface area contributed by atoms with E-state index in [1.807, 2.05) is 19.1 Å². The van der Waals surface area contributed by atoms with Crippen LogP contribution in [0.15, 0.2) is 47.6 Å². The number of hydrogen-bond donors (Lipinski definition) is 1. The van der Waals surface area contributed by atoms with Crippen molar-refractivity contribution in [3.63, 3.8) is 0 Å². The van der Waals surface area contributed by atoms with Crippen molar-refractivity contribution in [3.05, 3.63) is 59.1 Å². The Balaban J connectivity index is 1.60. The number of nitrogens with zero attached hydrogens (tertiary/aromatic N) is 2. The summed E-state index contributed by atoms with van der Waals surface area (Å²) in [5.41, 5.74) is 0.907. The van der Waals surface area contributed by atoms with Crippen molar-refractivity contribution in [2.75, 3.05) is 13.1 Å². The van der Waals surface area contributed by atoms with Crippen molar-refractivity contribution in [1.29, 1.82) is 0 Å². The molecule has 1 saturated heterocycles. The smallest absolute Gasteiger partial charge is 0.243 e. The average molecular weight is 426 g/mol. The number of sulfonamides is 1. The molecule has 1 amide bonds. The van der Waals surface area contributed by atoms with Crippen LogP contribution in [0.1, 0.15) is 31.4 Å². The van der Waals surface area contributed by atoms with E-state index in [1.54, 1.807) is 12.4 Å². The number of pyridine rings is 1. The maximum Gasteiger partial charge on any atom is 0.243 e. The molecule has 1 atom stereocenters. The van der Waals surface area contributed by atoms with E-state index in [0.717, 1.165) is 17.7 Å². The van der Waals surface area contributed by atoms with Gasteiger partial charge in [0.05, 0.1) is 16.0 Å². The Labute approximate surface area is 168 Å². The highest BCUT2D eigenvalue weighted by atomic mass is 35.5. The molecule has 1 aliphatic rings. The van der Waals surface area contributed by atoms with Gasteiger partial charge in [-0.25, -0.2) is 12.8 Å². The fourth-order valence-electron chi connectivity index (χ4n) is 3.19. The molecule has 0 saturated carbocycles. The van der Waals surface area contributed by atoms with E-state index in [2.05, 4.69) is 10.3 Å². The third kappa shape index (κ3) is 4.51. The quantitative estimate of drug-likeness (QED) is 0.798. The Kier molecular flexibility index (Phi) is 6.32. The minimum Gasteiger partial charge on any atom is -0.349 e. The van der Waals surface area contributed by atoms with Crippen LogP contribution < -0.4 is 5.32 Å². The van der Waals surface area contributed by atoms with Crippen molar-refractivity contribution in [2.45, 2.75) is 30.7 Å². The summed E-state index contributed by atoms with van der Waals surface area (Å²) in [5, 5.41) is 2.72. The molecule has 2 aromatic rings. The molecule has 0 spiro atoms. The Morgan fingerprint density at radius 1 is 1.32 bits per heavy atom. The first kappa shape index (κ1) is 20.7. The van der Waals surface area contributed by atoms with Crippen molar-refractivity contribution < 1.29 is 17.6 Å². The molecule has 0 aliphatic carbocycles. The molecule has 1 aromatic heterocycles. The summed E-state index contributed by atoms with van der Waals surface area (Å²) in [7, 11) is -3.77. The van der Waals surface area contributed by atoms with Gasteiger partial charge in [0.1, 0.15) is 5.82 Å². The highest BCUT2D eigenvalue weighted by molar-refractivity contribution is 7.89. The summed E-state index contributed by atoms with van der Waals surface area (Å²) in [4.78, 5) is 16.5. The summed E-state index contributed by atoms with van der Waals surface area (Å²) in [6.45, 7) is 2.32. The number of amides is 1. The molecule has 1 unspecified atom stereocenters. The Morgan fingerprint density at radius 2 is 2.04 bits per heavy atom. The predicted octanol–water partition coefficient (Wildman–Crippen LogP) is 3.15. The van der Waals surface area contributed by atoms with Crippen LogP contribution in [-0.4, -0.2) is 36.7 Å². The minimum atomic E-state index is -3.77. The number of nitrogens with one attached hydrogen (secondary N) is 1. The van der Waals surface area contributed by atoms with Gasteiger partial charge in [-0.3, -0.25) is 9.78 Å². The van der Waals surface area contributed by atoms with Gasteiger partial charge in [-0.2, -0.15) is 4.31 Å². The number of hydrogen-bond acceptors (Lipinski definition) is 4. The van der Waals surface area contributed by atoms with E-state index in [0.29, 0.717) is 12.8 Å². The molecule has 150 valence electrons. The zero-order chi connectivity index (χ0) is 20.3. The van der Waals surface area contributed by atoms with Crippen molar-refractivity contribution in [1.82, 2.24) is 14.6 Å². The van der Waals surface area contributed by atoms with Crippen molar-refractivity contribution >= 4 is 27.5 Å². The summed E-state index contributed by atoms with van der Waals surface area (Å²) < 4.78 is 40.1. The number of halogens is 2. The first-order valence-electron chi connectivity index (χ1n) is 8.94. The maximum atomic E-state index is 13.3. The maximum absolute atomic E-state index is 13.3. The third-order valence-electron chi connectivity index (χ3n) is 4.90. The van der Waals surface area contributed by atoms with Gasteiger partial charge in [0, 0.05) is 31.4 Å². The fourth-order valence-corrected chi connectivity index (χ4v) is 4.93. The molecule has 1 N–H and O–H groups in total. The molecule has 2 heterocycles. The first-order chi connectivity index (χ1) is 13.3. The van der Waals surface area contributed by atoms with Gasteiger partial charge in [-0.1, -0.05) is 17.7 Å². The second kappa shape index (κ2) is 8.55. The molecule has 1 fully saturated rings. The van der Waals surface area contributed by atoms with Gasteiger partial charge in [-0.15, -0.1) is 0 Å². The molecule has 0 radical (unpaired) electrons. The normalized spacial score (nSPS) is 17.2. The number of rotatable bonds is 5. The number of piperidine rings is 1. The Bertz CT molecular complexity index is 948. The number of carbonyl (C=O) groups is 1. The van der Waals surface area contributed by atoms with Crippen LogP contribution in [0.4, 0.5) is 4.39 Å². The van der Waals surface area contributed by atoms with E-state index >= 15 is 0 Å². The molecular weight excluding hydrogens is 405 g/mol. The summed E-state index contributed by atoms with van der Waals surface area (Å²) in [5.74, 6) is -1.03. The first-order valence-corrected chi connectivity index (χ1v) is 10.8. The summed E-state index contributed by atoms with van der Waals surface area (Å²) in [6, 6.07) is 6.87. The van der Waals surface area contributed by atoms with Gasteiger partial charge >= 0.3 is 0 Å². The second-order valence-electron chi connectivity index (χ2n) is 6.77. The van der Waals surface area contributed by atoms with Crippen LogP contribution in [0, 0.1) is 11.7 Å². The van der Waals surface area contributed by atoms with E-state index < -0.39 is 15.8 Å². The lowest BCUT2D eigenvalue weighted by Gasteiger charge is -2.31. The molecule has 3 rings (SSSR count). The zero-order valence-corrected chi connectivity index (χ0v) is 16.9. The van der Waals surface area contributed by atoms with Crippen molar-refractivity contribution in [2.24, 2.45) is 5.92 Å². The van der Waals surface area contributed by atoms with Crippen LogP contribution in [-0.2, 0) is 14.8 Å². The van der Waals surface area contributed by atoms with Crippen LogP contribution in [0.25, 0.3) is 0 Å². The summed E-state index contributed by atoms with van der Waals surface area (Å²) >= 11 is 5.71. The zero-order valence-electron chi connectivity index (χ0n) is 15.3.